The number of thioether (sulfide) groups is 1. The van der Waals surface area contributed by atoms with Gasteiger partial charge in [-0.25, -0.2) is 8.42 Å². The highest BCUT2D eigenvalue weighted by Gasteiger charge is 2.45. The summed E-state index contributed by atoms with van der Waals surface area (Å²) in [4.78, 5) is 12.5. The first-order valence-electron chi connectivity index (χ1n) is 11.5. The molecule has 0 spiro atoms. The second-order valence-electron chi connectivity index (χ2n) is 8.78. The number of piperidine rings is 1. The Labute approximate surface area is 216 Å². The first-order valence-corrected chi connectivity index (χ1v) is 14.3. The fourth-order valence-electron chi connectivity index (χ4n) is 4.46. The molecule has 0 unspecified atom stereocenters. The van der Waals surface area contributed by atoms with Crippen LogP contribution in [0.3, 0.4) is 0 Å². The molecule has 3 aromatic rings. The Morgan fingerprint density at radius 3 is 2.43 bits per heavy atom. The Morgan fingerprint density at radius 2 is 1.77 bits per heavy atom. The molecule has 0 radical (unpaired) electrons. The number of hydrogen-bond donors (Lipinski definition) is 1. The fourth-order valence-corrected chi connectivity index (χ4v) is 7.72. The van der Waals surface area contributed by atoms with E-state index in [1.807, 2.05) is 31.2 Å². The summed E-state index contributed by atoms with van der Waals surface area (Å²) in [5.74, 6) is -1.03. The van der Waals surface area contributed by atoms with Gasteiger partial charge in [-0.3, -0.25) is 4.79 Å². The van der Waals surface area contributed by atoms with E-state index in [1.54, 1.807) is 54.2 Å². The summed E-state index contributed by atoms with van der Waals surface area (Å²) in [6.07, 6.45) is 1.21. The van der Waals surface area contributed by atoms with Crippen molar-refractivity contribution in [2.45, 2.75) is 36.0 Å². The average Bonchev–Trinajstić information content (AvgIpc) is 2.84. The van der Waals surface area contributed by atoms with Gasteiger partial charge in [-0.15, -0.1) is 0 Å². The van der Waals surface area contributed by atoms with Gasteiger partial charge in [0.25, 0.3) is 0 Å². The Bertz CT molecular complexity index is 1270. The van der Waals surface area contributed by atoms with Crippen LogP contribution < -0.4 is 0 Å². The smallest absolute Gasteiger partial charge is 0.308 e. The highest BCUT2D eigenvalue weighted by molar-refractivity contribution is 7.99. The second kappa shape index (κ2) is 11.2. The predicted molar refractivity (Wildman–Crippen MR) is 141 cm³/mol. The molecular weight excluding hydrogens is 502 g/mol. The van der Waals surface area contributed by atoms with Gasteiger partial charge in [-0.2, -0.15) is 16.1 Å². The van der Waals surface area contributed by atoms with Crippen molar-refractivity contribution in [3.8, 4) is 0 Å². The number of aliphatic carboxylic acids is 1. The molecule has 35 heavy (non-hydrogen) atoms. The zero-order valence-corrected chi connectivity index (χ0v) is 21.8. The highest BCUT2D eigenvalue weighted by Crippen LogP contribution is 2.42. The Balaban J connectivity index is 1.65. The summed E-state index contributed by atoms with van der Waals surface area (Å²) in [6, 6.07) is 23.4. The van der Waals surface area contributed by atoms with Gasteiger partial charge in [0.05, 0.1) is 16.9 Å². The number of nitrogens with zero attached hydrogens (tertiary/aromatic N) is 1. The molecule has 1 heterocycles. The molecule has 4 rings (SSSR count). The van der Waals surface area contributed by atoms with E-state index in [9.17, 15) is 18.3 Å². The molecule has 1 N–H and O–H groups in total. The van der Waals surface area contributed by atoms with Gasteiger partial charge in [0.1, 0.15) is 0 Å². The maximum atomic E-state index is 13.7. The summed E-state index contributed by atoms with van der Waals surface area (Å²) in [5.41, 5.74) is 2.91. The number of sulfonamides is 1. The molecule has 0 aromatic heterocycles. The SMILES string of the molecule is Cc1ccc(S(=O)(=O)N2C[C@@H](C(=O)O)[C@H](SCCc3ccccc3)C[C@H]2c2cccc(Cl)c2)cc1. The Hall–Kier alpha value is -2.32. The van der Waals surface area contributed by atoms with E-state index < -0.39 is 28.0 Å². The minimum atomic E-state index is -3.92. The summed E-state index contributed by atoms with van der Waals surface area (Å²) >= 11 is 7.87. The van der Waals surface area contributed by atoms with Crippen molar-refractivity contribution >= 4 is 39.4 Å². The zero-order valence-electron chi connectivity index (χ0n) is 19.4. The third-order valence-electron chi connectivity index (χ3n) is 6.37. The van der Waals surface area contributed by atoms with Crippen molar-refractivity contribution in [3.05, 3.63) is 101 Å². The quantitative estimate of drug-likeness (QED) is 0.397. The molecule has 3 aromatic carbocycles. The zero-order chi connectivity index (χ0) is 25.0. The highest BCUT2D eigenvalue weighted by atomic mass is 35.5. The maximum absolute atomic E-state index is 13.7. The molecule has 1 fully saturated rings. The van der Waals surface area contributed by atoms with E-state index >= 15 is 0 Å². The molecule has 0 saturated carbocycles. The topological polar surface area (TPSA) is 74.7 Å². The van der Waals surface area contributed by atoms with E-state index in [0.29, 0.717) is 11.4 Å². The number of aryl methyl sites for hydroxylation is 2. The van der Waals surface area contributed by atoms with Crippen LogP contribution >= 0.6 is 23.4 Å². The van der Waals surface area contributed by atoms with Gasteiger partial charge in [-0.05, 0) is 60.9 Å². The molecule has 0 amide bonds. The van der Waals surface area contributed by atoms with Gasteiger partial charge >= 0.3 is 5.97 Å². The molecular formula is C27H28ClNO4S2. The van der Waals surface area contributed by atoms with Crippen LogP contribution in [-0.2, 0) is 21.2 Å². The van der Waals surface area contributed by atoms with E-state index in [0.717, 1.165) is 23.3 Å². The summed E-state index contributed by atoms with van der Waals surface area (Å²) in [5, 5.41) is 10.3. The summed E-state index contributed by atoms with van der Waals surface area (Å²) in [7, 11) is -3.92. The van der Waals surface area contributed by atoms with Gasteiger partial charge in [-0.1, -0.05) is 71.8 Å². The lowest BCUT2D eigenvalue weighted by atomic mass is 9.90. The van der Waals surface area contributed by atoms with Crippen molar-refractivity contribution in [1.82, 2.24) is 4.31 Å². The van der Waals surface area contributed by atoms with Crippen LogP contribution in [-0.4, -0.2) is 41.3 Å². The van der Waals surface area contributed by atoms with Gasteiger partial charge in [0, 0.05) is 16.8 Å². The molecule has 1 saturated heterocycles. The van der Waals surface area contributed by atoms with Crippen molar-refractivity contribution in [2.75, 3.05) is 12.3 Å². The van der Waals surface area contributed by atoms with Crippen molar-refractivity contribution in [2.24, 2.45) is 5.92 Å². The monoisotopic (exact) mass is 529 g/mol. The third kappa shape index (κ3) is 6.09. The molecule has 0 bridgehead atoms. The van der Waals surface area contributed by atoms with Crippen LogP contribution in [0.2, 0.25) is 5.02 Å². The van der Waals surface area contributed by atoms with Gasteiger partial charge in [0.15, 0.2) is 0 Å². The minimum absolute atomic E-state index is 0.0915. The summed E-state index contributed by atoms with van der Waals surface area (Å²) < 4.78 is 28.8. The predicted octanol–water partition coefficient (Wildman–Crippen LogP) is 5.83. The van der Waals surface area contributed by atoms with Crippen LogP contribution in [0.1, 0.15) is 29.2 Å². The molecule has 5 nitrogen and oxygen atoms in total. The first kappa shape index (κ1) is 25.8. The van der Waals surface area contributed by atoms with Crippen LogP contribution in [0.15, 0.2) is 83.8 Å². The molecule has 8 heteroatoms. The number of benzene rings is 3. The van der Waals surface area contributed by atoms with Gasteiger partial charge < -0.3 is 5.11 Å². The minimum Gasteiger partial charge on any atom is -0.481 e. The normalized spacial score (nSPS) is 21.0. The van der Waals surface area contributed by atoms with E-state index in [2.05, 4.69) is 12.1 Å². The Kier molecular flexibility index (Phi) is 8.22. The van der Waals surface area contributed by atoms with Gasteiger partial charge in [0.2, 0.25) is 10.0 Å². The molecule has 1 aliphatic rings. The maximum Gasteiger partial charge on any atom is 0.308 e. The lowest BCUT2D eigenvalue weighted by Gasteiger charge is -2.42. The van der Waals surface area contributed by atoms with E-state index in [4.69, 9.17) is 11.6 Å². The number of carboxylic acids is 1. The Morgan fingerprint density at radius 1 is 1.06 bits per heavy atom. The van der Waals surface area contributed by atoms with E-state index in [1.165, 1.54) is 9.87 Å². The lowest BCUT2D eigenvalue weighted by Crippen LogP contribution is -2.49. The van der Waals surface area contributed by atoms with Crippen LogP contribution in [0, 0.1) is 12.8 Å². The second-order valence-corrected chi connectivity index (χ2v) is 12.5. The van der Waals surface area contributed by atoms with Crippen molar-refractivity contribution in [3.63, 3.8) is 0 Å². The standard InChI is InChI=1S/C27H28ClNO4S2/c1-19-10-12-23(13-11-19)35(32,33)29-18-24(27(30)31)26(34-15-14-20-6-3-2-4-7-20)17-25(29)21-8-5-9-22(28)16-21/h2-13,16,24-26H,14-15,17-18H2,1H3,(H,30,31)/t24-,25+,26-/m1/s1. The number of carboxylic acid groups (broad SMARTS) is 1. The fraction of sp³-hybridized carbons (Fsp3) is 0.296. The number of rotatable bonds is 8. The van der Waals surface area contributed by atoms with Crippen LogP contribution in [0.5, 0.6) is 0 Å². The molecule has 1 aliphatic heterocycles. The third-order valence-corrected chi connectivity index (χ3v) is 9.89. The molecule has 0 aliphatic carbocycles. The van der Waals surface area contributed by atoms with Crippen LogP contribution in [0.25, 0.3) is 0 Å². The van der Waals surface area contributed by atoms with E-state index in [-0.39, 0.29) is 16.7 Å². The lowest BCUT2D eigenvalue weighted by molar-refractivity contribution is -0.143. The summed E-state index contributed by atoms with van der Waals surface area (Å²) in [6.45, 7) is 1.80. The average molecular weight is 530 g/mol. The number of hydrogen-bond acceptors (Lipinski definition) is 4. The van der Waals surface area contributed by atoms with Crippen molar-refractivity contribution < 1.29 is 18.3 Å². The number of carbonyl (C=O) groups is 1. The molecule has 3 atom stereocenters. The first-order chi connectivity index (χ1) is 16.8. The molecule has 184 valence electrons. The van der Waals surface area contributed by atoms with Crippen molar-refractivity contribution in [1.29, 1.82) is 0 Å². The largest absolute Gasteiger partial charge is 0.481 e. The number of halogens is 1. The van der Waals surface area contributed by atoms with Crippen LogP contribution in [0.4, 0.5) is 0 Å².